The summed E-state index contributed by atoms with van der Waals surface area (Å²) in [6, 6.07) is 9.40. The fraction of sp³-hybridized carbons (Fsp3) is 0.700. The first kappa shape index (κ1) is 17.5. The van der Waals surface area contributed by atoms with Crippen LogP contribution in [0, 0.1) is 5.92 Å². The Labute approximate surface area is 137 Å². The molecule has 1 aromatic rings. The van der Waals surface area contributed by atoms with Crippen LogP contribution in [0.5, 0.6) is 0 Å². The second kappa shape index (κ2) is 8.69. The van der Waals surface area contributed by atoms with Crippen LogP contribution in [0.25, 0.3) is 0 Å². The van der Waals surface area contributed by atoms with Gasteiger partial charge in [-0.1, -0.05) is 38.1 Å². The summed E-state index contributed by atoms with van der Waals surface area (Å²) in [4.78, 5) is 4.91. The lowest BCUT2D eigenvalue weighted by Crippen LogP contribution is -2.30. The molecule has 22 heavy (non-hydrogen) atoms. The molecular formula is C20H34N2. The highest BCUT2D eigenvalue weighted by Crippen LogP contribution is 2.26. The Balaban J connectivity index is 1.81. The lowest BCUT2D eigenvalue weighted by molar-refractivity contribution is 0.251. The van der Waals surface area contributed by atoms with Gasteiger partial charge in [-0.15, -0.1) is 0 Å². The smallest absolute Gasteiger partial charge is 0.0230 e. The normalized spacial score (nSPS) is 20.0. The van der Waals surface area contributed by atoms with E-state index in [2.05, 4.69) is 62.0 Å². The second-order valence-electron chi connectivity index (χ2n) is 7.62. The first-order valence-corrected chi connectivity index (χ1v) is 9.00. The van der Waals surface area contributed by atoms with Gasteiger partial charge in [0.05, 0.1) is 0 Å². The number of benzene rings is 1. The van der Waals surface area contributed by atoms with E-state index >= 15 is 0 Å². The van der Waals surface area contributed by atoms with Gasteiger partial charge in [0.15, 0.2) is 0 Å². The van der Waals surface area contributed by atoms with Crippen molar-refractivity contribution in [3.8, 4) is 0 Å². The quantitative estimate of drug-likeness (QED) is 0.738. The largest absolute Gasteiger partial charge is 0.306 e. The molecule has 1 aromatic carbocycles. The highest BCUT2D eigenvalue weighted by atomic mass is 15.1. The molecule has 1 aliphatic rings. The van der Waals surface area contributed by atoms with Crippen LogP contribution in [0.15, 0.2) is 24.3 Å². The van der Waals surface area contributed by atoms with Crippen LogP contribution in [0.1, 0.15) is 56.6 Å². The summed E-state index contributed by atoms with van der Waals surface area (Å²) in [6.45, 7) is 9.36. The summed E-state index contributed by atoms with van der Waals surface area (Å²) >= 11 is 0. The van der Waals surface area contributed by atoms with E-state index in [1.807, 2.05) is 0 Å². The highest BCUT2D eigenvalue weighted by Gasteiger charge is 2.18. The third-order valence-corrected chi connectivity index (χ3v) is 4.85. The van der Waals surface area contributed by atoms with Crippen molar-refractivity contribution >= 4 is 0 Å². The van der Waals surface area contributed by atoms with Gasteiger partial charge in [0, 0.05) is 13.1 Å². The van der Waals surface area contributed by atoms with Crippen molar-refractivity contribution in [3.05, 3.63) is 35.4 Å². The van der Waals surface area contributed by atoms with E-state index in [-0.39, 0.29) is 0 Å². The minimum Gasteiger partial charge on any atom is -0.306 e. The number of nitrogens with zero attached hydrogens (tertiary/aromatic N) is 2. The lowest BCUT2D eigenvalue weighted by atomic mass is 9.90. The van der Waals surface area contributed by atoms with E-state index in [1.165, 1.54) is 56.4 Å². The van der Waals surface area contributed by atoms with Crippen molar-refractivity contribution in [1.82, 2.24) is 9.80 Å². The van der Waals surface area contributed by atoms with Gasteiger partial charge < -0.3 is 9.80 Å². The zero-order valence-electron chi connectivity index (χ0n) is 15.0. The standard InChI is InChI=1S/C20H34N2/c1-17(2)7-5-13-21(3)15-18-9-11-19(12-10-18)20-8-6-14-22(4)16-20/h9-12,17,20H,5-8,13-16H2,1-4H3. The van der Waals surface area contributed by atoms with Crippen molar-refractivity contribution in [2.75, 3.05) is 33.7 Å². The molecule has 1 unspecified atom stereocenters. The van der Waals surface area contributed by atoms with Gasteiger partial charge in [-0.2, -0.15) is 0 Å². The maximum Gasteiger partial charge on any atom is 0.0230 e. The summed E-state index contributed by atoms with van der Waals surface area (Å²) in [5, 5.41) is 0. The summed E-state index contributed by atoms with van der Waals surface area (Å²) in [7, 11) is 4.48. The minimum absolute atomic E-state index is 0.733. The Hall–Kier alpha value is -0.860. The van der Waals surface area contributed by atoms with Gasteiger partial charge in [0.1, 0.15) is 0 Å². The van der Waals surface area contributed by atoms with E-state index in [0.717, 1.165) is 18.4 Å². The van der Waals surface area contributed by atoms with E-state index in [0.29, 0.717) is 0 Å². The fourth-order valence-electron chi connectivity index (χ4n) is 3.49. The molecular weight excluding hydrogens is 268 g/mol. The molecule has 1 atom stereocenters. The van der Waals surface area contributed by atoms with Crippen LogP contribution in [0.4, 0.5) is 0 Å². The van der Waals surface area contributed by atoms with Crippen molar-refractivity contribution in [1.29, 1.82) is 0 Å². The van der Waals surface area contributed by atoms with Crippen LogP contribution in [0.2, 0.25) is 0 Å². The summed E-state index contributed by atoms with van der Waals surface area (Å²) in [6.07, 6.45) is 5.32. The van der Waals surface area contributed by atoms with E-state index < -0.39 is 0 Å². The molecule has 0 spiro atoms. The van der Waals surface area contributed by atoms with Crippen molar-refractivity contribution < 1.29 is 0 Å². The van der Waals surface area contributed by atoms with Gasteiger partial charge in [-0.25, -0.2) is 0 Å². The Kier molecular flexibility index (Phi) is 6.91. The summed E-state index contributed by atoms with van der Waals surface area (Å²) in [5.41, 5.74) is 2.97. The zero-order valence-corrected chi connectivity index (χ0v) is 15.0. The maximum absolute atomic E-state index is 2.46. The maximum atomic E-state index is 2.46. The highest BCUT2D eigenvalue weighted by molar-refractivity contribution is 5.26. The Morgan fingerprint density at radius 2 is 1.95 bits per heavy atom. The Bertz CT molecular complexity index is 424. The van der Waals surface area contributed by atoms with Crippen LogP contribution >= 0.6 is 0 Å². The lowest BCUT2D eigenvalue weighted by Gasteiger charge is -2.30. The Morgan fingerprint density at radius 3 is 2.59 bits per heavy atom. The summed E-state index contributed by atoms with van der Waals surface area (Å²) in [5.74, 6) is 1.55. The third-order valence-electron chi connectivity index (χ3n) is 4.85. The molecule has 1 fully saturated rings. The molecule has 0 aliphatic carbocycles. The molecule has 0 radical (unpaired) electrons. The molecule has 0 bridgehead atoms. The van der Waals surface area contributed by atoms with Gasteiger partial charge >= 0.3 is 0 Å². The summed E-state index contributed by atoms with van der Waals surface area (Å²) < 4.78 is 0. The second-order valence-corrected chi connectivity index (χ2v) is 7.62. The SMILES string of the molecule is CC(C)CCCN(C)Cc1ccc(C2CCCN(C)C2)cc1. The average molecular weight is 303 g/mol. The van der Waals surface area contributed by atoms with Crippen molar-refractivity contribution in [3.63, 3.8) is 0 Å². The van der Waals surface area contributed by atoms with Crippen molar-refractivity contribution in [2.24, 2.45) is 5.92 Å². The van der Waals surface area contributed by atoms with Gasteiger partial charge in [0.2, 0.25) is 0 Å². The molecule has 1 saturated heterocycles. The number of rotatable bonds is 7. The van der Waals surface area contributed by atoms with Gasteiger partial charge in [-0.05, 0) is 75.8 Å². The van der Waals surface area contributed by atoms with Gasteiger partial charge in [-0.3, -0.25) is 0 Å². The molecule has 2 heteroatoms. The molecule has 0 aromatic heterocycles. The number of piperidine rings is 1. The number of hydrogen-bond donors (Lipinski definition) is 0. The molecule has 1 heterocycles. The molecule has 1 aliphatic heterocycles. The predicted molar refractivity (Wildman–Crippen MR) is 96.3 cm³/mol. The van der Waals surface area contributed by atoms with Gasteiger partial charge in [0.25, 0.3) is 0 Å². The zero-order chi connectivity index (χ0) is 15.9. The van der Waals surface area contributed by atoms with E-state index in [1.54, 1.807) is 0 Å². The monoisotopic (exact) mass is 302 g/mol. The average Bonchev–Trinajstić information content (AvgIpc) is 2.47. The van der Waals surface area contributed by atoms with Crippen molar-refractivity contribution in [2.45, 2.75) is 52.0 Å². The van der Waals surface area contributed by atoms with Crippen LogP contribution in [-0.4, -0.2) is 43.5 Å². The van der Waals surface area contributed by atoms with Crippen LogP contribution < -0.4 is 0 Å². The topological polar surface area (TPSA) is 6.48 Å². The third kappa shape index (κ3) is 5.73. The Morgan fingerprint density at radius 1 is 1.23 bits per heavy atom. The molecule has 2 nitrogen and oxygen atoms in total. The van der Waals surface area contributed by atoms with Crippen LogP contribution in [0.3, 0.4) is 0 Å². The minimum atomic E-state index is 0.733. The first-order valence-electron chi connectivity index (χ1n) is 9.00. The number of likely N-dealkylation sites (tertiary alicyclic amines) is 1. The fourth-order valence-corrected chi connectivity index (χ4v) is 3.49. The molecule has 124 valence electrons. The number of likely N-dealkylation sites (N-methyl/N-ethyl adjacent to an activating group) is 1. The molecule has 0 saturated carbocycles. The predicted octanol–water partition coefficient (Wildman–Crippen LogP) is 4.36. The molecule has 0 amide bonds. The van der Waals surface area contributed by atoms with E-state index in [4.69, 9.17) is 0 Å². The number of hydrogen-bond acceptors (Lipinski definition) is 2. The molecule has 0 N–H and O–H groups in total. The van der Waals surface area contributed by atoms with E-state index in [9.17, 15) is 0 Å². The molecule has 2 rings (SSSR count). The first-order chi connectivity index (χ1) is 10.5. The van der Waals surface area contributed by atoms with Crippen LogP contribution in [-0.2, 0) is 6.54 Å².